The van der Waals surface area contributed by atoms with Crippen molar-refractivity contribution in [1.29, 1.82) is 0 Å². The maximum Gasteiger partial charge on any atom is 0.401 e. The van der Waals surface area contributed by atoms with Gasteiger partial charge in [0, 0.05) is 25.7 Å². The standard InChI is InChI=1S/C21H26F3N9O2/c1-30(12-21(22,23)24)13-6-9-31(10-7-13)17(34)14-4-2-8-32(14)19-27-18(25)33-20(28-19)26-16(29-33)15-5-3-11-35-15/h3,5,11,13-14H,2,4,6-10,12H2,1H3,(H2,25,26,27,28,29)/t14-/m0/s1. The Labute approximate surface area is 198 Å². The number of likely N-dealkylation sites (tertiary alicyclic amines) is 1. The average molecular weight is 493 g/mol. The fourth-order valence-corrected chi connectivity index (χ4v) is 4.85. The predicted octanol–water partition coefficient (Wildman–Crippen LogP) is 1.82. The third-order valence-corrected chi connectivity index (χ3v) is 6.59. The van der Waals surface area contributed by atoms with Gasteiger partial charge in [-0.15, -0.1) is 5.10 Å². The van der Waals surface area contributed by atoms with E-state index in [9.17, 15) is 18.0 Å². The van der Waals surface area contributed by atoms with Gasteiger partial charge in [-0.3, -0.25) is 9.69 Å². The SMILES string of the molecule is CN(CC(F)(F)F)C1CCN(C(=O)[C@@H]2CCCN2c2nc(N)n3nc(-c4ccco4)nc3n2)CC1. The van der Waals surface area contributed by atoms with Crippen LogP contribution in [-0.2, 0) is 4.79 Å². The van der Waals surface area contributed by atoms with E-state index in [-0.39, 0.29) is 23.7 Å². The van der Waals surface area contributed by atoms with Crippen molar-refractivity contribution in [3.05, 3.63) is 18.4 Å². The van der Waals surface area contributed by atoms with E-state index >= 15 is 0 Å². The molecule has 2 N–H and O–H groups in total. The molecule has 0 spiro atoms. The molecule has 2 aliphatic rings. The van der Waals surface area contributed by atoms with Crippen LogP contribution in [0.3, 0.4) is 0 Å². The number of fused-ring (bicyclic) bond motifs is 1. The number of nitrogens with two attached hydrogens (primary N) is 1. The second kappa shape index (κ2) is 8.98. The monoisotopic (exact) mass is 493 g/mol. The van der Waals surface area contributed by atoms with Crippen LogP contribution in [0.1, 0.15) is 25.7 Å². The molecule has 0 aromatic carbocycles. The predicted molar refractivity (Wildman–Crippen MR) is 119 cm³/mol. The van der Waals surface area contributed by atoms with E-state index in [1.807, 2.05) is 4.90 Å². The van der Waals surface area contributed by atoms with Gasteiger partial charge >= 0.3 is 6.18 Å². The van der Waals surface area contributed by atoms with Crippen molar-refractivity contribution in [3.8, 4) is 11.6 Å². The van der Waals surface area contributed by atoms with Crippen LogP contribution < -0.4 is 10.6 Å². The number of piperidine rings is 1. The van der Waals surface area contributed by atoms with Gasteiger partial charge in [0.2, 0.25) is 23.6 Å². The molecule has 3 aromatic rings. The molecule has 0 bridgehead atoms. The van der Waals surface area contributed by atoms with Crippen molar-refractivity contribution < 1.29 is 22.4 Å². The van der Waals surface area contributed by atoms with Crippen LogP contribution in [-0.4, -0.2) is 91.8 Å². The molecule has 3 aromatic heterocycles. The van der Waals surface area contributed by atoms with Crippen molar-refractivity contribution >= 4 is 23.6 Å². The second-order valence-electron chi connectivity index (χ2n) is 8.94. The number of furan rings is 1. The minimum absolute atomic E-state index is 0.0702. The van der Waals surface area contributed by atoms with E-state index in [1.54, 1.807) is 17.0 Å². The van der Waals surface area contributed by atoms with Crippen molar-refractivity contribution in [2.24, 2.45) is 0 Å². The zero-order chi connectivity index (χ0) is 24.7. The minimum atomic E-state index is -4.24. The smallest absolute Gasteiger partial charge is 0.401 e. The fourth-order valence-electron chi connectivity index (χ4n) is 4.85. The molecule has 1 amide bonds. The van der Waals surface area contributed by atoms with Crippen molar-refractivity contribution in [2.75, 3.05) is 43.9 Å². The molecule has 0 aliphatic carbocycles. The normalized spacial score (nSPS) is 19.9. The van der Waals surface area contributed by atoms with E-state index in [2.05, 4.69) is 20.1 Å². The van der Waals surface area contributed by atoms with Crippen LogP contribution in [0, 0.1) is 0 Å². The maximum absolute atomic E-state index is 13.4. The van der Waals surface area contributed by atoms with Crippen molar-refractivity contribution in [1.82, 2.24) is 34.4 Å². The average Bonchev–Trinajstić information content (AvgIpc) is 3.57. The van der Waals surface area contributed by atoms with E-state index in [0.29, 0.717) is 56.4 Å². The van der Waals surface area contributed by atoms with E-state index in [0.717, 1.165) is 6.42 Å². The first-order chi connectivity index (χ1) is 16.7. The Morgan fingerprint density at radius 1 is 1.20 bits per heavy atom. The van der Waals surface area contributed by atoms with Crippen LogP contribution in [0.5, 0.6) is 0 Å². The molecule has 2 fully saturated rings. The summed E-state index contributed by atoms with van der Waals surface area (Å²) >= 11 is 0. The summed E-state index contributed by atoms with van der Waals surface area (Å²) < 4.78 is 44.8. The largest absolute Gasteiger partial charge is 0.461 e. The highest BCUT2D eigenvalue weighted by Crippen LogP contribution is 2.28. The van der Waals surface area contributed by atoms with Gasteiger partial charge in [-0.1, -0.05) is 0 Å². The molecule has 35 heavy (non-hydrogen) atoms. The van der Waals surface area contributed by atoms with Gasteiger partial charge in [0.1, 0.15) is 6.04 Å². The summed E-state index contributed by atoms with van der Waals surface area (Å²) in [6.07, 6.45) is -0.325. The molecule has 14 heteroatoms. The van der Waals surface area contributed by atoms with Crippen LogP contribution >= 0.6 is 0 Å². The Morgan fingerprint density at radius 2 is 1.97 bits per heavy atom. The molecule has 1 atom stereocenters. The number of nitrogen functional groups attached to an aromatic ring is 1. The number of halogens is 3. The zero-order valence-corrected chi connectivity index (χ0v) is 19.1. The lowest BCUT2D eigenvalue weighted by Crippen LogP contribution is -2.52. The topological polar surface area (TPSA) is 122 Å². The Hall–Kier alpha value is -3.42. The highest BCUT2D eigenvalue weighted by atomic mass is 19.4. The summed E-state index contributed by atoms with van der Waals surface area (Å²) in [6.45, 7) is 0.451. The number of nitrogens with zero attached hydrogens (tertiary/aromatic N) is 8. The van der Waals surface area contributed by atoms with E-state index < -0.39 is 18.8 Å². The van der Waals surface area contributed by atoms with Gasteiger partial charge < -0.3 is 20.0 Å². The lowest BCUT2D eigenvalue weighted by atomic mass is 10.0. The highest BCUT2D eigenvalue weighted by Gasteiger charge is 2.38. The number of hydrogen-bond acceptors (Lipinski definition) is 9. The molecule has 5 heterocycles. The summed E-state index contributed by atoms with van der Waals surface area (Å²) in [4.78, 5) is 31.5. The Balaban J connectivity index is 1.29. The van der Waals surface area contributed by atoms with E-state index in [1.165, 1.54) is 22.7 Å². The number of amides is 1. The molecule has 5 rings (SSSR count). The Kier molecular flexibility index (Phi) is 5.99. The van der Waals surface area contributed by atoms with Gasteiger partial charge in [0.15, 0.2) is 5.76 Å². The summed E-state index contributed by atoms with van der Waals surface area (Å²) in [5, 5.41) is 4.29. The van der Waals surface area contributed by atoms with Gasteiger partial charge in [-0.25, -0.2) is 0 Å². The first-order valence-electron chi connectivity index (χ1n) is 11.5. The molecule has 2 aliphatic heterocycles. The molecule has 11 nitrogen and oxygen atoms in total. The molecule has 0 saturated carbocycles. The number of aromatic nitrogens is 5. The molecule has 0 radical (unpaired) electrons. The molecular formula is C21H26F3N9O2. The Morgan fingerprint density at radius 3 is 2.66 bits per heavy atom. The third kappa shape index (κ3) is 4.74. The highest BCUT2D eigenvalue weighted by molar-refractivity contribution is 5.85. The zero-order valence-electron chi connectivity index (χ0n) is 19.1. The summed E-state index contributed by atoms with van der Waals surface area (Å²) in [5.74, 6) is 1.34. The number of alkyl halides is 3. The van der Waals surface area contributed by atoms with Crippen LogP contribution in [0.4, 0.5) is 25.1 Å². The lowest BCUT2D eigenvalue weighted by molar-refractivity contribution is -0.151. The molecule has 188 valence electrons. The number of anilines is 2. The summed E-state index contributed by atoms with van der Waals surface area (Å²) in [5.41, 5.74) is 6.12. The van der Waals surface area contributed by atoms with Gasteiger partial charge in [-0.2, -0.15) is 32.6 Å². The van der Waals surface area contributed by atoms with Crippen LogP contribution in [0.2, 0.25) is 0 Å². The summed E-state index contributed by atoms with van der Waals surface area (Å²) in [6, 6.07) is 2.77. The lowest BCUT2D eigenvalue weighted by Gasteiger charge is -2.38. The minimum Gasteiger partial charge on any atom is -0.461 e. The van der Waals surface area contributed by atoms with Gasteiger partial charge in [0.05, 0.1) is 12.8 Å². The molecule has 0 unspecified atom stereocenters. The van der Waals surface area contributed by atoms with Gasteiger partial charge in [-0.05, 0) is 44.9 Å². The first kappa shape index (κ1) is 23.3. The van der Waals surface area contributed by atoms with Gasteiger partial charge in [0.25, 0.3) is 5.78 Å². The van der Waals surface area contributed by atoms with Crippen molar-refractivity contribution in [2.45, 2.75) is 43.9 Å². The maximum atomic E-state index is 13.4. The molecular weight excluding hydrogens is 467 g/mol. The van der Waals surface area contributed by atoms with Crippen LogP contribution in [0.15, 0.2) is 22.8 Å². The van der Waals surface area contributed by atoms with Crippen LogP contribution in [0.25, 0.3) is 17.4 Å². The first-order valence-corrected chi connectivity index (χ1v) is 11.5. The Bertz CT molecular complexity index is 1190. The quantitative estimate of drug-likeness (QED) is 0.567. The number of hydrogen-bond donors (Lipinski definition) is 1. The number of rotatable bonds is 5. The number of carbonyl (C=O) groups excluding carboxylic acids is 1. The van der Waals surface area contributed by atoms with E-state index in [4.69, 9.17) is 10.2 Å². The second-order valence-corrected chi connectivity index (χ2v) is 8.94. The molecule has 2 saturated heterocycles. The third-order valence-electron chi connectivity index (χ3n) is 6.59. The number of carbonyl (C=O) groups is 1. The summed E-state index contributed by atoms with van der Waals surface area (Å²) in [7, 11) is 1.48. The van der Waals surface area contributed by atoms with Crippen molar-refractivity contribution in [3.63, 3.8) is 0 Å². The fraction of sp³-hybridized carbons (Fsp3) is 0.571.